The van der Waals surface area contributed by atoms with E-state index in [1.165, 1.54) is 193 Å². The number of carbonyl (C=O) groups excluding carboxylic acids is 4. The molecule has 3 N–H and O–H groups in total. The predicted octanol–water partition coefficient (Wildman–Crippen LogP) is 21.2. The molecule has 0 rings (SSSR count). The first-order valence-electron chi connectivity index (χ1n) is 38.0. The van der Waals surface area contributed by atoms with Crippen LogP contribution in [0.15, 0.2) is 0 Å². The third-order valence-corrected chi connectivity index (χ3v) is 19.2. The van der Waals surface area contributed by atoms with E-state index in [0.717, 1.165) is 102 Å². The summed E-state index contributed by atoms with van der Waals surface area (Å²) in [4.78, 5) is 72.7. The molecule has 0 bridgehead atoms. The lowest BCUT2D eigenvalue weighted by molar-refractivity contribution is -0.161. The van der Waals surface area contributed by atoms with Crippen molar-refractivity contribution in [2.75, 3.05) is 39.6 Å². The third-order valence-electron chi connectivity index (χ3n) is 17.3. The van der Waals surface area contributed by atoms with Crippen molar-refractivity contribution < 1.29 is 80.2 Å². The highest BCUT2D eigenvalue weighted by atomic mass is 31.2. The maximum atomic E-state index is 13.1. The first-order chi connectivity index (χ1) is 44.4. The molecule has 0 spiro atoms. The normalized spacial score (nSPS) is 14.4. The Morgan fingerprint density at radius 1 is 0.315 bits per heavy atom. The van der Waals surface area contributed by atoms with Crippen LogP contribution in [0.4, 0.5) is 0 Å². The van der Waals surface area contributed by atoms with Gasteiger partial charge in [-0.1, -0.05) is 324 Å². The molecule has 17 nitrogen and oxygen atoms in total. The largest absolute Gasteiger partial charge is 0.472 e. The molecule has 0 aliphatic carbocycles. The number of phosphoric ester groups is 2. The van der Waals surface area contributed by atoms with Crippen LogP contribution < -0.4 is 0 Å². The molecule has 546 valence electrons. The van der Waals surface area contributed by atoms with Crippen LogP contribution in [0.25, 0.3) is 0 Å². The highest BCUT2D eigenvalue weighted by molar-refractivity contribution is 7.47. The zero-order chi connectivity index (χ0) is 67.9. The Hall–Kier alpha value is -1.94. The fraction of sp³-hybridized carbons (Fsp3) is 0.945. The van der Waals surface area contributed by atoms with E-state index in [0.29, 0.717) is 25.7 Å². The lowest BCUT2D eigenvalue weighted by Crippen LogP contribution is -2.30. The molecule has 19 heteroatoms. The number of ether oxygens (including phenoxy) is 4. The Labute approximate surface area is 562 Å². The average Bonchev–Trinajstić information content (AvgIpc) is 2.03. The SMILES string of the molecule is CCCCCCCCCCCCCCCCC(=O)OC[C@H](COP(=O)(O)OC[C@@H](O)COP(=O)(O)OC[C@@H](COC(=O)CCCCCCCCCCCCC)OC(=O)CCCCCCCCCCCCC(C)C)OC(=O)CCCCCCCCCCCCC(C)CC. The van der Waals surface area contributed by atoms with E-state index >= 15 is 0 Å². The summed E-state index contributed by atoms with van der Waals surface area (Å²) in [5.41, 5.74) is 0. The summed E-state index contributed by atoms with van der Waals surface area (Å²) in [6.45, 7) is 9.59. The molecule has 0 aromatic rings. The van der Waals surface area contributed by atoms with E-state index in [4.69, 9.17) is 37.0 Å². The molecule has 6 atom stereocenters. The quantitative estimate of drug-likeness (QED) is 0.0222. The van der Waals surface area contributed by atoms with E-state index in [-0.39, 0.29) is 25.7 Å². The fourth-order valence-electron chi connectivity index (χ4n) is 11.1. The second kappa shape index (κ2) is 65.0. The van der Waals surface area contributed by atoms with Gasteiger partial charge < -0.3 is 33.8 Å². The smallest absolute Gasteiger partial charge is 0.462 e. The van der Waals surface area contributed by atoms with Crippen molar-refractivity contribution in [2.24, 2.45) is 11.8 Å². The average molecular weight is 1350 g/mol. The number of hydrogen-bond acceptors (Lipinski definition) is 15. The second-order valence-electron chi connectivity index (χ2n) is 27.1. The maximum Gasteiger partial charge on any atom is 0.472 e. The monoisotopic (exact) mass is 1350 g/mol. The summed E-state index contributed by atoms with van der Waals surface area (Å²) < 4.78 is 68.4. The van der Waals surface area contributed by atoms with Crippen LogP contribution in [-0.4, -0.2) is 96.7 Å². The molecule has 0 amide bonds. The third kappa shape index (κ3) is 65.4. The van der Waals surface area contributed by atoms with Crippen LogP contribution in [-0.2, 0) is 65.4 Å². The van der Waals surface area contributed by atoms with Crippen LogP contribution in [0, 0.1) is 11.8 Å². The summed E-state index contributed by atoms with van der Waals surface area (Å²) >= 11 is 0. The van der Waals surface area contributed by atoms with E-state index in [1.54, 1.807) is 0 Å². The Morgan fingerprint density at radius 3 is 0.826 bits per heavy atom. The number of rotatable bonds is 72. The van der Waals surface area contributed by atoms with Gasteiger partial charge in [0.25, 0.3) is 0 Å². The Kier molecular flexibility index (Phi) is 63.7. The summed E-state index contributed by atoms with van der Waals surface area (Å²) in [5.74, 6) is -0.563. The van der Waals surface area contributed by atoms with Gasteiger partial charge >= 0.3 is 39.5 Å². The molecule has 92 heavy (non-hydrogen) atoms. The van der Waals surface area contributed by atoms with Gasteiger partial charge in [0.1, 0.15) is 19.3 Å². The minimum absolute atomic E-state index is 0.106. The first kappa shape index (κ1) is 90.1. The molecule has 0 heterocycles. The van der Waals surface area contributed by atoms with Crippen molar-refractivity contribution in [3.63, 3.8) is 0 Å². The Morgan fingerprint density at radius 2 is 0.554 bits per heavy atom. The number of aliphatic hydroxyl groups excluding tert-OH is 1. The number of carbonyl (C=O) groups is 4. The van der Waals surface area contributed by atoms with Crippen molar-refractivity contribution in [3.8, 4) is 0 Å². The van der Waals surface area contributed by atoms with Gasteiger partial charge in [-0.25, -0.2) is 9.13 Å². The fourth-order valence-corrected chi connectivity index (χ4v) is 12.7. The molecule has 0 aromatic heterocycles. The highest BCUT2D eigenvalue weighted by Crippen LogP contribution is 2.45. The zero-order valence-electron chi connectivity index (χ0n) is 59.9. The number of aliphatic hydroxyl groups is 1. The van der Waals surface area contributed by atoms with Crippen LogP contribution in [0.3, 0.4) is 0 Å². The molecular weight excluding hydrogens is 1210 g/mol. The summed E-state index contributed by atoms with van der Waals surface area (Å²) in [5, 5.41) is 10.6. The van der Waals surface area contributed by atoms with Gasteiger partial charge in [0.15, 0.2) is 12.2 Å². The summed E-state index contributed by atoms with van der Waals surface area (Å²) in [6.07, 6.45) is 51.1. The zero-order valence-corrected chi connectivity index (χ0v) is 61.6. The summed E-state index contributed by atoms with van der Waals surface area (Å²) in [6, 6.07) is 0. The van der Waals surface area contributed by atoms with Gasteiger partial charge in [0.05, 0.1) is 26.4 Å². The predicted molar refractivity (Wildman–Crippen MR) is 372 cm³/mol. The van der Waals surface area contributed by atoms with Crippen molar-refractivity contribution >= 4 is 39.5 Å². The standard InChI is InChI=1S/C73H142O17P2/c1-7-10-12-14-16-18-20-21-22-24-32-38-44-50-56-71(76)84-62-69(90-73(78)58-52-46-40-34-28-26-30-36-42-48-54-66(6)9-3)64-88-92(81,82)86-60-67(74)59-85-91(79,80)87-63-68(61-83-70(75)55-49-43-37-31-23-19-17-15-13-11-8-2)89-72(77)57-51-45-39-33-27-25-29-35-41-47-53-65(4)5/h65-69,74H,7-64H2,1-6H3,(H,79,80)(H,81,82)/t66?,67-,68+,69+/m0/s1. The van der Waals surface area contributed by atoms with Gasteiger partial charge in [-0.05, 0) is 37.5 Å². The van der Waals surface area contributed by atoms with Crippen LogP contribution in [0.5, 0.6) is 0 Å². The molecule has 0 aliphatic rings. The van der Waals surface area contributed by atoms with Gasteiger partial charge in [0.2, 0.25) is 0 Å². The van der Waals surface area contributed by atoms with Crippen molar-refractivity contribution in [2.45, 2.75) is 394 Å². The van der Waals surface area contributed by atoms with E-state index in [9.17, 15) is 43.2 Å². The topological polar surface area (TPSA) is 237 Å². The number of hydrogen-bond donors (Lipinski definition) is 3. The minimum atomic E-state index is -4.95. The molecule has 0 saturated carbocycles. The van der Waals surface area contributed by atoms with Crippen LogP contribution in [0.1, 0.15) is 375 Å². The maximum absolute atomic E-state index is 13.1. The molecule has 0 aliphatic heterocycles. The number of esters is 4. The molecular formula is C73H142O17P2. The highest BCUT2D eigenvalue weighted by Gasteiger charge is 2.30. The van der Waals surface area contributed by atoms with Gasteiger partial charge in [-0.15, -0.1) is 0 Å². The van der Waals surface area contributed by atoms with Crippen molar-refractivity contribution in [1.29, 1.82) is 0 Å². The number of phosphoric acid groups is 2. The first-order valence-corrected chi connectivity index (χ1v) is 41.0. The lowest BCUT2D eigenvalue weighted by Gasteiger charge is -2.21. The van der Waals surface area contributed by atoms with Gasteiger partial charge in [-0.3, -0.25) is 37.3 Å². The second-order valence-corrected chi connectivity index (χ2v) is 30.0. The molecule has 0 radical (unpaired) electrons. The van der Waals surface area contributed by atoms with E-state index in [2.05, 4.69) is 41.5 Å². The van der Waals surface area contributed by atoms with Crippen molar-refractivity contribution in [3.05, 3.63) is 0 Å². The Bertz CT molecular complexity index is 1790. The molecule has 0 fully saturated rings. The lowest BCUT2D eigenvalue weighted by atomic mass is 9.99. The van der Waals surface area contributed by atoms with Crippen LogP contribution >= 0.6 is 15.6 Å². The van der Waals surface area contributed by atoms with Gasteiger partial charge in [-0.2, -0.15) is 0 Å². The van der Waals surface area contributed by atoms with Gasteiger partial charge in [0, 0.05) is 25.7 Å². The molecule has 0 saturated heterocycles. The molecule has 0 aromatic carbocycles. The van der Waals surface area contributed by atoms with E-state index in [1.807, 2.05) is 0 Å². The minimum Gasteiger partial charge on any atom is -0.462 e. The summed E-state index contributed by atoms with van der Waals surface area (Å²) in [7, 11) is -9.91. The Balaban J connectivity index is 5.27. The number of unbranched alkanes of at least 4 members (excludes halogenated alkanes) is 41. The van der Waals surface area contributed by atoms with E-state index < -0.39 is 97.5 Å². The van der Waals surface area contributed by atoms with Crippen LogP contribution in [0.2, 0.25) is 0 Å². The molecule has 3 unspecified atom stereocenters. The van der Waals surface area contributed by atoms with Crippen molar-refractivity contribution in [1.82, 2.24) is 0 Å².